The molecule has 1 aliphatic rings. The molecule has 0 bridgehead atoms. The lowest BCUT2D eigenvalue weighted by molar-refractivity contribution is 0.130. The first kappa shape index (κ1) is 94.9. The van der Waals surface area contributed by atoms with Crippen molar-refractivity contribution >= 4 is 54.5 Å². The van der Waals surface area contributed by atoms with E-state index in [4.69, 9.17) is 33.2 Å². The second-order valence-corrected chi connectivity index (χ2v) is 43.2. The Morgan fingerprint density at radius 2 is 0.441 bits per heavy atom. The summed E-state index contributed by atoms with van der Waals surface area (Å²) in [5, 5.41) is 0. The molecular formula is C114H120FO7S5+5. The van der Waals surface area contributed by atoms with Gasteiger partial charge in [-0.3, -0.25) is 0 Å². The number of methoxy groups -OCH3 is 1. The Morgan fingerprint density at radius 3 is 0.654 bits per heavy atom. The minimum Gasteiger partial charge on any atom is -0.494 e. The quantitative estimate of drug-likeness (QED) is 0.0358. The van der Waals surface area contributed by atoms with E-state index in [0.717, 1.165) is 58.8 Å². The van der Waals surface area contributed by atoms with Gasteiger partial charge in [-0.1, -0.05) is 159 Å². The highest BCUT2D eigenvalue weighted by atomic mass is 32.2. The SMILES string of the molecule is CC(C)(C)Oc1ccc([S+](c2ccc(OC(C)(C)C)cc2)c2ccc(OC(C)(C)C)cc2)cc1.CCCCOc1ccc([S+](c2ccccc2)c2ccccc2)cc1.COCCOc1ccc([S+](c2ccccc2)c2ccccc2)cc1.Fc1ccc([S+](c2ccccc2)c2ccccc2)cc1.c1ccc([S+](c2ccccc2)c2ccc(OC3CCCC3)cc2)cc1. The topological polar surface area (TPSA) is 64.6 Å². The van der Waals surface area contributed by atoms with Crippen molar-refractivity contribution in [2.24, 2.45) is 0 Å². The van der Waals surface area contributed by atoms with Crippen molar-refractivity contribution in [3.05, 3.63) is 418 Å². The third kappa shape index (κ3) is 30.5. The summed E-state index contributed by atoms with van der Waals surface area (Å²) in [5.74, 6) is 5.27. The highest BCUT2D eigenvalue weighted by Crippen LogP contribution is 2.40. The second kappa shape index (κ2) is 48.6. The van der Waals surface area contributed by atoms with Gasteiger partial charge in [0.05, 0.1) is 73.8 Å². The molecule has 0 spiro atoms. The van der Waals surface area contributed by atoms with Crippen LogP contribution in [0, 0.1) is 5.82 Å². The summed E-state index contributed by atoms with van der Waals surface area (Å²) in [7, 11) is 0.935. The van der Waals surface area contributed by atoms with E-state index in [9.17, 15) is 4.39 Å². The molecular weight excluding hydrogens is 1660 g/mol. The van der Waals surface area contributed by atoms with E-state index in [0.29, 0.717) is 19.3 Å². The first-order chi connectivity index (χ1) is 61.7. The molecule has 0 N–H and O–H groups in total. The van der Waals surface area contributed by atoms with Crippen LogP contribution in [0.25, 0.3) is 0 Å². The molecule has 13 heteroatoms. The molecule has 0 unspecified atom stereocenters. The van der Waals surface area contributed by atoms with Crippen LogP contribution < -0.4 is 28.4 Å². The molecule has 16 rings (SSSR count). The maximum atomic E-state index is 13.2. The lowest BCUT2D eigenvalue weighted by atomic mass is 10.2. The van der Waals surface area contributed by atoms with E-state index in [1.165, 1.54) is 106 Å². The van der Waals surface area contributed by atoms with E-state index < -0.39 is 0 Å². The Labute approximate surface area is 769 Å². The summed E-state index contributed by atoms with van der Waals surface area (Å²) in [6, 6.07) is 143. The molecule has 15 aromatic rings. The number of ether oxygens (including phenoxy) is 7. The van der Waals surface area contributed by atoms with Gasteiger partial charge in [0, 0.05) is 7.11 Å². The molecule has 0 aliphatic heterocycles. The van der Waals surface area contributed by atoms with Crippen LogP contribution >= 0.6 is 0 Å². The molecule has 1 fully saturated rings. The summed E-state index contributed by atoms with van der Waals surface area (Å²) in [6.07, 6.45) is 7.65. The molecule has 1 aliphatic carbocycles. The van der Waals surface area contributed by atoms with Gasteiger partial charge in [-0.15, -0.1) is 0 Å². The van der Waals surface area contributed by atoms with E-state index in [2.05, 4.69) is 409 Å². The summed E-state index contributed by atoms with van der Waals surface area (Å²) >= 11 is 0. The van der Waals surface area contributed by atoms with Crippen molar-refractivity contribution in [2.45, 2.75) is 204 Å². The third-order valence-electron chi connectivity index (χ3n) is 19.4. The maximum Gasteiger partial charge on any atom is 0.166 e. The Kier molecular flexibility index (Phi) is 36.3. The Balaban J connectivity index is 0.000000146. The average Bonchev–Trinajstić information content (AvgIpc) is 0.981. The molecule has 0 radical (unpaired) electrons. The lowest BCUT2D eigenvalue weighted by Gasteiger charge is -2.22. The van der Waals surface area contributed by atoms with E-state index in [-0.39, 0.29) is 77.1 Å². The molecule has 0 aromatic heterocycles. The number of benzene rings is 15. The molecule has 7 nitrogen and oxygen atoms in total. The van der Waals surface area contributed by atoms with Crippen LogP contribution in [0.2, 0.25) is 0 Å². The van der Waals surface area contributed by atoms with Gasteiger partial charge in [-0.2, -0.15) is 0 Å². The van der Waals surface area contributed by atoms with E-state index >= 15 is 0 Å². The summed E-state index contributed by atoms with van der Waals surface area (Å²) < 4.78 is 53.9. The van der Waals surface area contributed by atoms with Gasteiger partial charge in [0.25, 0.3) is 0 Å². The summed E-state index contributed by atoms with van der Waals surface area (Å²) in [5.41, 5.74) is -0.682. The standard InChI is InChI=1S/C30H39O3S.C23H23OS.C22H23OS.C21H21O2S.C18H14FS/c1-28(2,3)31-22-10-16-25(17-11-22)34(26-18-12-23(13-19-26)32-29(4,5)6)27-20-14-24(15-21-27)33-30(7,8)9;1-3-11-21(12-4-1)25(22-13-5-2-6-14-22)23-17-15-20(16-18-23)24-19-9-7-8-10-19;1-2-3-18-23-19-14-16-22(17-15-19)24(20-10-6-4-7-11-20)21-12-8-5-9-13-21;1-22-16-17-23-18-12-14-21(15-13-18)24(19-8-4-2-5-9-19)20-10-6-3-7-11-20;19-15-11-13-18(14-12-15)20(16-7-3-1-4-8-16)17-9-5-2-6-10-17/h10-21H,1-9H3;1-6,11-19H,7-10H2;4-17H,2-3,18H2,1H3;2-15H,16-17H2,1H3;1-14H/q5*+1. The smallest absolute Gasteiger partial charge is 0.166 e. The molecule has 0 heterocycles. The zero-order chi connectivity index (χ0) is 89.1. The van der Waals surface area contributed by atoms with Crippen molar-refractivity contribution in [2.75, 3.05) is 26.9 Å². The zero-order valence-electron chi connectivity index (χ0n) is 75.0. The van der Waals surface area contributed by atoms with Crippen molar-refractivity contribution in [1.29, 1.82) is 0 Å². The first-order valence-electron chi connectivity index (χ1n) is 43.7. The number of hydrogen-bond acceptors (Lipinski definition) is 7. The van der Waals surface area contributed by atoms with Crippen LogP contribution in [0.5, 0.6) is 34.5 Å². The van der Waals surface area contributed by atoms with Gasteiger partial charge in [0.15, 0.2) is 73.4 Å². The monoisotopic (exact) mass is 1780 g/mol. The maximum absolute atomic E-state index is 13.2. The van der Waals surface area contributed by atoms with Crippen molar-refractivity contribution in [3.63, 3.8) is 0 Å². The predicted molar refractivity (Wildman–Crippen MR) is 529 cm³/mol. The fourth-order valence-corrected chi connectivity index (χ4v) is 24.2. The van der Waals surface area contributed by atoms with Crippen LogP contribution in [0.15, 0.2) is 486 Å². The van der Waals surface area contributed by atoms with Crippen LogP contribution in [-0.4, -0.2) is 49.8 Å². The van der Waals surface area contributed by atoms with Gasteiger partial charge >= 0.3 is 0 Å². The first-order valence-corrected chi connectivity index (χ1v) is 49.8. The summed E-state index contributed by atoms with van der Waals surface area (Å²) in [6.45, 7) is 22.7. The van der Waals surface area contributed by atoms with Crippen molar-refractivity contribution in [3.8, 4) is 34.5 Å². The highest BCUT2D eigenvalue weighted by molar-refractivity contribution is 7.98. The molecule has 0 amide bonds. The number of unbranched alkanes of at least 4 members (excludes halogenated alkanes) is 1. The van der Waals surface area contributed by atoms with Gasteiger partial charge in [0.2, 0.25) is 0 Å². The van der Waals surface area contributed by atoms with E-state index in [1.54, 1.807) is 7.11 Å². The predicted octanol–water partition coefficient (Wildman–Crippen LogP) is 30.1. The fourth-order valence-electron chi connectivity index (χ4n) is 13.8. The van der Waals surface area contributed by atoms with Crippen LogP contribution in [0.1, 0.15) is 108 Å². The largest absolute Gasteiger partial charge is 0.494 e. The lowest BCUT2D eigenvalue weighted by Crippen LogP contribution is -2.23. The van der Waals surface area contributed by atoms with E-state index in [1.807, 2.05) is 60.7 Å². The Bertz CT molecular complexity index is 5150. The van der Waals surface area contributed by atoms with Gasteiger partial charge in [-0.25, -0.2) is 4.39 Å². The molecule has 0 saturated heterocycles. The zero-order valence-corrected chi connectivity index (χ0v) is 79.1. The molecule has 1 saturated carbocycles. The Hall–Kier alpha value is -11.3. The van der Waals surface area contributed by atoms with Gasteiger partial charge < -0.3 is 33.2 Å². The second-order valence-electron chi connectivity index (χ2n) is 33.0. The van der Waals surface area contributed by atoms with Crippen LogP contribution in [0.4, 0.5) is 4.39 Å². The molecule has 0 atom stereocenters. The Morgan fingerprint density at radius 1 is 0.244 bits per heavy atom. The highest BCUT2D eigenvalue weighted by Gasteiger charge is 2.35. The number of rotatable bonds is 28. The van der Waals surface area contributed by atoms with Gasteiger partial charge in [0.1, 0.15) is 63.7 Å². The third-order valence-corrected chi connectivity index (χ3v) is 30.6. The van der Waals surface area contributed by atoms with Gasteiger partial charge in [-0.05, 0) is 361 Å². The molecule has 650 valence electrons. The normalized spacial score (nSPS) is 12.0. The number of hydrogen-bond donors (Lipinski definition) is 0. The van der Waals surface area contributed by atoms with Crippen LogP contribution in [-0.2, 0) is 59.2 Å². The van der Waals surface area contributed by atoms with Crippen molar-refractivity contribution in [1.82, 2.24) is 0 Å². The average molecular weight is 1780 g/mol. The molecule has 15 aromatic carbocycles. The van der Waals surface area contributed by atoms with Crippen LogP contribution in [0.3, 0.4) is 0 Å². The minimum atomic E-state index is -0.276. The summed E-state index contributed by atoms with van der Waals surface area (Å²) in [4.78, 5) is 19.2. The minimum absolute atomic E-state index is 0.0824. The number of halogens is 1. The van der Waals surface area contributed by atoms with Crippen molar-refractivity contribution < 1.29 is 37.5 Å². The molecule has 127 heavy (non-hydrogen) atoms. The fraction of sp³-hybridized carbons (Fsp3) is 0.211.